The summed E-state index contributed by atoms with van der Waals surface area (Å²) in [5.74, 6) is -1.52. The van der Waals surface area contributed by atoms with Gasteiger partial charge in [-0.25, -0.2) is 0 Å². The Morgan fingerprint density at radius 3 is 1.50 bits per heavy atom. The molecule has 0 aromatic heterocycles. The first kappa shape index (κ1) is 26.5. The van der Waals surface area contributed by atoms with E-state index in [0.29, 0.717) is 5.20 Å². The van der Waals surface area contributed by atoms with E-state index >= 15 is 0 Å². The summed E-state index contributed by atoms with van der Waals surface area (Å²) < 4.78 is 37.1. The van der Waals surface area contributed by atoms with Gasteiger partial charge in [-0.1, -0.05) is 47.3 Å². The number of carbonyl (C=O) groups is 2. The zero-order valence-electron chi connectivity index (χ0n) is 18.7. The quantitative estimate of drug-likeness (QED) is 0.188. The molecule has 0 rings (SSSR count). The smallest absolute Gasteiger partial charge is 0.323 e. The molecule has 0 saturated carbocycles. The molecule has 0 unspecified atom stereocenters. The fourth-order valence-electron chi connectivity index (χ4n) is 4.63. The number of esters is 2. The lowest BCUT2D eigenvalue weighted by Gasteiger charge is -2.45. The molecule has 0 saturated heterocycles. The molecular weight excluding hydrogens is 382 g/mol. The van der Waals surface area contributed by atoms with E-state index < -0.39 is 31.5 Å². The maximum Gasteiger partial charge on any atom is 0.323 e. The SMILES string of the molecule is CCOC(=O)C(C)(CC(=C=C(F)F)[Si](C(C)C)(C(C)C)C(C)C)C(=O)OCC. The van der Waals surface area contributed by atoms with Crippen molar-refractivity contribution in [3.63, 3.8) is 0 Å². The summed E-state index contributed by atoms with van der Waals surface area (Å²) >= 11 is 0. The molecule has 0 aliphatic carbocycles. The van der Waals surface area contributed by atoms with E-state index in [1.54, 1.807) is 13.8 Å². The van der Waals surface area contributed by atoms with Crippen molar-refractivity contribution in [2.75, 3.05) is 13.2 Å². The molecule has 0 radical (unpaired) electrons. The van der Waals surface area contributed by atoms with E-state index in [1.165, 1.54) is 6.92 Å². The molecule has 4 nitrogen and oxygen atoms in total. The van der Waals surface area contributed by atoms with Crippen molar-refractivity contribution in [2.45, 2.75) is 85.4 Å². The first-order chi connectivity index (χ1) is 12.8. The minimum atomic E-state index is -2.58. The number of halogens is 2. The van der Waals surface area contributed by atoms with Gasteiger partial charge in [0.1, 0.15) is 0 Å². The predicted octanol–water partition coefficient (Wildman–Crippen LogP) is 6.03. The van der Waals surface area contributed by atoms with Crippen molar-refractivity contribution in [3.05, 3.63) is 17.0 Å². The monoisotopic (exact) mass is 418 g/mol. The van der Waals surface area contributed by atoms with Gasteiger partial charge in [0.15, 0.2) is 5.41 Å². The summed E-state index contributed by atoms with van der Waals surface area (Å²) in [6.45, 7) is 17.0. The maximum atomic E-state index is 13.5. The summed E-state index contributed by atoms with van der Waals surface area (Å²) in [4.78, 5) is 25.4. The Balaban J connectivity index is 6.77. The summed E-state index contributed by atoms with van der Waals surface area (Å²) in [6, 6.07) is 0. The molecule has 0 aliphatic heterocycles. The summed E-state index contributed by atoms with van der Waals surface area (Å²) in [7, 11) is -2.58. The molecule has 0 spiro atoms. The Bertz CT molecular complexity index is 576. The second kappa shape index (κ2) is 10.9. The third-order valence-electron chi connectivity index (χ3n) is 5.62. The molecule has 0 aromatic rings. The van der Waals surface area contributed by atoms with Crippen LogP contribution in [0.5, 0.6) is 0 Å². The van der Waals surface area contributed by atoms with Crippen LogP contribution in [-0.2, 0) is 19.1 Å². The predicted molar refractivity (Wildman–Crippen MR) is 110 cm³/mol. The van der Waals surface area contributed by atoms with E-state index in [4.69, 9.17) is 9.47 Å². The van der Waals surface area contributed by atoms with E-state index in [9.17, 15) is 18.4 Å². The van der Waals surface area contributed by atoms with Gasteiger partial charge in [-0.05, 0) is 49.0 Å². The van der Waals surface area contributed by atoms with Crippen LogP contribution in [0.15, 0.2) is 17.0 Å². The van der Waals surface area contributed by atoms with Gasteiger partial charge in [0, 0.05) is 0 Å². The van der Waals surface area contributed by atoms with E-state index in [-0.39, 0.29) is 36.3 Å². The zero-order valence-corrected chi connectivity index (χ0v) is 19.7. The van der Waals surface area contributed by atoms with E-state index in [2.05, 4.69) is 5.73 Å². The van der Waals surface area contributed by atoms with Gasteiger partial charge >= 0.3 is 18.0 Å². The lowest BCUT2D eigenvalue weighted by molar-refractivity contribution is -0.170. The molecular formula is C21H36F2O4Si. The number of rotatable bonds is 10. The van der Waals surface area contributed by atoms with Crippen molar-refractivity contribution in [3.8, 4) is 0 Å². The van der Waals surface area contributed by atoms with Crippen molar-refractivity contribution < 1.29 is 27.8 Å². The highest BCUT2D eigenvalue weighted by Gasteiger charge is 2.52. The summed E-state index contributed by atoms with van der Waals surface area (Å²) in [6.07, 6.45) is -2.12. The fourth-order valence-corrected chi connectivity index (χ4v) is 11.7. The Kier molecular flexibility index (Phi) is 10.3. The largest absolute Gasteiger partial charge is 0.465 e. The third-order valence-corrected chi connectivity index (χ3v) is 12.7. The Morgan fingerprint density at radius 2 is 1.25 bits per heavy atom. The summed E-state index contributed by atoms with van der Waals surface area (Å²) in [5, 5.41) is 0.385. The van der Waals surface area contributed by atoms with Gasteiger partial charge < -0.3 is 9.47 Å². The highest BCUT2D eigenvalue weighted by Crippen LogP contribution is 2.49. The molecule has 0 bridgehead atoms. The molecule has 0 atom stereocenters. The van der Waals surface area contributed by atoms with E-state index in [0.717, 1.165) is 0 Å². The number of allylic oxidation sites excluding steroid dienone is 1. The van der Waals surface area contributed by atoms with Gasteiger partial charge in [0.25, 0.3) is 0 Å². The van der Waals surface area contributed by atoms with Crippen molar-refractivity contribution in [1.82, 2.24) is 0 Å². The van der Waals surface area contributed by atoms with Crippen molar-refractivity contribution >= 4 is 20.0 Å². The Labute approximate surface area is 169 Å². The van der Waals surface area contributed by atoms with Gasteiger partial charge in [-0.15, -0.1) is 0 Å². The average Bonchev–Trinajstić information content (AvgIpc) is 2.53. The second-order valence-corrected chi connectivity index (χ2v) is 14.1. The van der Waals surface area contributed by atoms with Gasteiger partial charge in [-0.2, -0.15) is 8.78 Å². The van der Waals surface area contributed by atoms with Crippen LogP contribution in [0.1, 0.15) is 68.7 Å². The van der Waals surface area contributed by atoms with Crippen molar-refractivity contribution in [1.29, 1.82) is 0 Å². The van der Waals surface area contributed by atoms with Crippen LogP contribution in [0.2, 0.25) is 16.6 Å². The molecule has 162 valence electrons. The molecule has 0 aliphatic rings. The highest BCUT2D eigenvalue weighted by atomic mass is 28.3. The van der Waals surface area contributed by atoms with Crippen LogP contribution in [0.25, 0.3) is 0 Å². The number of hydrogen-bond acceptors (Lipinski definition) is 4. The lowest BCUT2D eigenvalue weighted by atomic mass is 9.86. The lowest BCUT2D eigenvalue weighted by Crippen LogP contribution is -2.50. The number of hydrogen-bond donors (Lipinski definition) is 0. The molecule has 0 aromatic carbocycles. The van der Waals surface area contributed by atoms with Crippen LogP contribution in [-0.4, -0.2) is 33.2 Å². The Hall–Kier alpha value is -1.46. The molecule has 0 N–H and O–H groups in total. The fraction of sp³-hybridized carbons (Fsp3) is 0.762. The topological polar surface area (TPSA) is 52.6 Å². The van der Waals surface area contributed by atoms with Crippen LogP contribution in [0.4, 0.5) is 8.78 Å². The Morgan fingerprint density at radius 1 is 0.893 bits per heavy atom. The van der Waals surface area contributed by atoms with Crippen LogP contribution in [0, 0.1) is 5.41 Å². The first-order valence-corrected chi connectivity index (χ1v) is 12.2. The molecule has 7 heteroatoms. The number of carbonyl (C=O) groups excluding carboxylic acids is 2. The van der Waals surface area contributed by atoms with Gasteiger partial charge in [-0.3, -0.25) is 9.59 Å². The average molecular weight is 419 g/mol. The van der Waals surface area contributed by atoms with Crippen LogP contribution in [0.3, 0.4) is 0 Å². The van der Waals surface area contributed by atoms with Crippen LogP contribution >= 0.6 is 0 Å². The zero-order chi connectivity index (χ0) is 22.3. The third kappa shape index (κ3) is 5.54. The molecule has 0 fully saturated rings. The van der Waals surface area contributed by atoms with Crippen molar-refractivity contribution in [2.24, 2.45) is 5.41 Å². The standard InChI is InChI=1S/C21H36F2O4Si/c1-10-26-19(24)21(9,20(25)27-11-2)13-17(12-18(22)23)28(14(3)4,15(5)6)16(7)8/h14-16H,10-11,13H2,1-9H3. The maximum absolute atomic E-state index is 13.5. The minimum Gasteiger partial charge on any atom is -0.465 e. The highest BCUT2D eigenvalue weighted by molar-refractivity contribution is 6.89. The molecule has 0 heterocycles. The first-order valence-electron chi connectivity index (χ1n) is 9.97. The number of ether oxygens (including phenoxy) is 2. The van der Waals surface area contributed by atoms with Crippen LogP contribution < -0.4 is 0 Å². The van der Waals surface area contributed by atoms with E-state index in [1.807, 2.05) is 41.5 Å². The van der Waals surface area contributed by atoms with Gasteiger partial charge in [0.2, 0.25) is 0 Å². The normalized spacial score (nSPS) is 12.2. The summed E-state index contributed by atoms with van der Waals surface area (Å²) in [5.41, 5.74) is 0.909. The second-order valence-electron chi connectivity index (χ2n) is 8.21. The van der Waals surface area contributed by atoms with Gasteiger partial charge in [0.05, 0.1) is 21.3 Å². The minimum absolute atomic E-state index is 0.0846. The molecule has 0 amide bonds. The molecule has 28 heavy (non-hydrogen) atoms.